The average Bonchev–Trinajstić information content (AvgIpc) is 3.12. The first kappa shape index (κ1) is 27.5. The third kappa shape index (κ3) is 7.43. The van der Waals surface area contributed by atoms with Crippen LogP contribution in [0.4, 0.5) is 5.69 Å². The molecule has 0 saturated heterocycles. The number of oxazole rings is 1. The molecule has 1 atom stereocenters. The van der Waals surface area contributed by atoms with Crippen LogP contribution in [0, 0.1) is 0 Å². The van der Waals surface area contributed by atoms with Gasteiger partial charge in [0.15, 0.2) is 6.54 Å². The third-order valence-electron chi connectivity index (χ3n) is 6.42. The van der Waals surface area contributed by atoms with Gasteiger partial charge in [0.05, 0.1) is 24.3 Å². The maximum atomic E-state index is 10.9. The number of fused-ring (bicyclic) bond motifs is 1. The highest BCUT2D eigenvalue weighted by Gasteiger charge is 2.27. The summed E-state index contributed by atoms with van der Waals surface area (Å²) < 4.78 is 40.8. The van der Waals surface area contributed by atoms with Crippen LogP contribution in [-0.2, 0) is 16.7 Å². The third-order valence-corrected chi connectivity index (χ3v) is 10.3. The van der Waals surface area contributed by atoms with Gasteiger partial charge in [-0.15, -0.1) is 0 Å². The van der Waals surface area contributed by atoms with Crippen molar-refractivity contribution in [3.8, 4) is 0 Å². The Morgan fingerprint density at radius 1 is 1.11 bits per heavy atom. The van der Waals surface area contributed by atoms with Gasteiger partial charge < -0.3 is 13.9 Å². The van der Waals surface area contributed by atoms with Crippen molar-refractivity contribution in [1.82, 2.24) is 0 Å². The van der Waals surface area contributed by atoms with E-state index in [1.54, 1.807) is 6.07 Å². The zero-order chi connectivity index (χ0) is 25.8. The van der Waals surface area contributed by atoms with E-state index in [1.807, 2.05) is 28.9 Å². The molecule has 0 aliphatic rings. The van der Waals surface area contributed by atoms with Gasteiger partial charge in [-0.05, 0) is 56.2 Å². The minimum atomic E-state index is -4.22. The molecule has 1 heterocycles. The number of aromatic nitrogens is 1. The lowest BCUT2D eigenvalue weighted by atomic mass is 10.2. The first-order valence-corrected chi connectivity index (χ1v) is 17.5. The van der Waals surface area contributed by atoms with Crippen LogP contribution in [-0.4, -0.2) is 39.0 Å². The molecule has 6 nitrogen and oxygen atoms in total. The molecule has 0 saturated carbocycles. The van der Waals surface area contributed by atoms with Crippen LogP contribution in [0.3, 0.4) is 0 Å². The van der Waals surface area contributed by atoms with Crippen LogP contribution < -0.4 is 9.47 Å². The van der Waals surface area contributed by atoms with Gasteiger partial charge in [-0.3, -0.25) is 0 Å². The summed E-state index contributed by atoms with van der Waals surface area (Å²) in [6, 6.07) is 14.0. The fraction of sp³-hybridized carbons (Fsp3) is 0.423. The van der Waals surface area contributed by atoms with Gasteiger partial charge >= 0.3 is 5.89 Å². The van der Waals surface area contributed by atoms with Crippen molar-refractivity contribution in [2.45, 2.75) is 58.5 Å². The van der Waals surface area contributed by atoms with E-state index in [-0.39, 0.29) is 5.75 Å². The van der Waals surface area contributed by atoms with Crippen molar-refractivity contribution in [3.63, 3.8) is 0 Å². The minimum Gasteiger partial charge on any atom is -0.748 e. The molecule has 0 aliphatic heterocycles. The smallest absolute Gasteiger partial charge is 0.374 e. The largest absolute Gasteiger partial charge is 0.748 e. The van der Waals surface area contributed by atoms with Gasteiger partial charge in [0.1, 0.15) is 0 Å². The summed E-state index contributed by atoms with van der Waals surface area (Å²) in [6.07, 6.45) is 4.74. The quantitative estimate of drug-likeness (QED) is 0.131. The Morgan fingerprint density at radius 2 is 1.80 bits per heavy atom. The molecule has 0 radical (unpaired) electrons. The molecule has 3 aromatic rings. The first-order valence-electron chi connectivity index (χ1n) is 12.0. The van der Waals surface area contributed by atoms with E-state index in [2.05, 4.69) is 62.7 Å². The zero-order valence-corrected chi connectivity index (χ0v) is 23.7. The molecule has 0 amide bonds. The zero-order valence-electron chi connectivity index (χ0n) is 21.1. The summed E-state index contributed by atoms with van der Waals surface area (Å²) in [5, 5.41) is 0.591. The summed E-state index contributed by atoms with van der Waals surface area (Å²) in [7, 11) is -5.53. The number of hydrogen-bond acceptors (Lipinski definition) is 5. The lowest BCUT2D eigenvalue weighted by Gasteiger charge is -2.38. The van der Waals surface area contributed by atoms with E-state index in [0.29, 0.717) is 41.5 Å². The molecule has 190 valence electrons. The summed E-state index contributed by atoms with van der Waals surface area (Å²) >= 11 is 6.20. The lowest BCUT2D eigenvalue weighted by Crippen LogP contribution is -2.49. The highest BCUT2D eigenvalue weighted by Crippen LogP contribution is 2.24. The number of halogens is 1. The minimum absolute atomic E-state index is 0.292. The molecule has 0 N–H and O–H groups in total. The van der Waals surface area contributed by atoms with Crippen molar-refractivity contribution >= 4 is 58.7 Å². The Labute approximate surface area is 215 Å². The summed E-state index contributed by atoms with van der Waals surface area (Å²) in [4.78, 5) is 2.47. The van der Waals surface area contributed by atoms with Crippen LogP contribution in [0.15, 0.2) is 46.9 Å². The fourth-order valence-electron chi connectivity index (χ4n) is 4.07. The SMILES string of the molecule is CCN(c1ccc(/C=C/c2oc3ccc(Cl)cc3[n+]2CCCCS(=O)(=O)[O-])cc1)C(C)[Si](C)(C)C. The molecule has 1 aromatic heterocycles. The predicted octanol–water partition coefficient (Wildman–Crippen LogP) is 5.96. The van der Waals surface area contributed by atoms with Gasteiger partial charge in [0.2, 0.25) is 5.58 Å². The second-order valence-electron chi connectivity index (χ2n) is 9.93. The van der Waals surface area contributed by atoms with Gasteiger partial charge in [-0.1, -0.05) is 43.4 Å². The molecule has 1 unspecified atom stereocenters. The Hall–Kier alpha value is -2.13. The maximum absolute atomic E-state index is 10.9. The number of rotatable bonds is 11. The summed E-state index contributed by atoms with van der Waals surface area (Å²) in [5.41, 5.74) is 4.33. The molecule has 0 fully saturated rings. The second-order valence-corrected chi connectivity index (χ2v) is 17.5. The number of benzene rings is 2. The number of nitrogens with zero attached hydrogens (tertiary/aromatic N) is 2. The highest BCUT2D eigenvalue weighted by molar-refractivity contribution is 7.85. The number of hydrogen-bond donors (Lipinski definition) is 0. The van der Waals surface area contributed by atoms with Crippen LogP contribution >= 0.6 is 11.6 Å². The van der Waals surface area contributed by atoms with Crippen molar-refractivity contribution in [3.05, 3.63) is 58.9 Å². The topological polar surface area (TPSA) is 77.5 Å². The van der Waals surface area contributed by atoms with Gasteiger partial charge in [-0.25, -0.2) is 8.42 Å². The predicted molar refractivity (Wildman–Crippen MR) is 146 cm³/mol. The average molecular weight is 535 g/mol. The molecule has 3 rings (SSSR count). The second kappa shape index (κ2) is 11.3. The van der Waals surface area contributed by atoms with Crippen molar-refractivity contribution in [1.29, 1.82) is 0 Å². The molecule has 0 spiro atoms. The van der Waals surface area contributed by atoms with Crippen molar-refractivity contribution in [2.75, 3.05) is 17.2 Å². The van der Waals surface area contributed by atoms with E-state index in [1.165, 1.54) is 5.69 Å². The Kier molecular flexibility index (Phi) is 8.85. The van der Waals surface area contributed by atoms with Crippen LogP contribution in [0.1, 0.15) is 38.1 Å². The fourth-order valence-corrected chi connectivity index (χ4v) is 6.06. The Balaban J connectivity index is 1.83. The highest BCUT2D eigenvalue weighted by atomic mass is 35.5. The van der Waals surface area contributed by atoms with E-state index >= 15 is 0 Å². The van der Waals surface area contributed by atoms with E-state index in [9.17, 15) is 13.0 Å². The molecule has 9 heteroatoms. The maximum Gasteiger partial charge on any atom is 0.374 e. The molecular formula is C26H35ClN2O4SSi. The Bertz CT molecular complexity index is 1280. The van der Waals surface area contributed by atoms with Gasteiger partial charge in [-0.2, -0.15) is 4.57 Å². The van der Waals surface area contributed by atoms with E-state index in [4.69, 9.17) is 16.0 Å². The monoisotopic (exact) mass is 534 g/mol. The summed E-state index contributed by atoms with van der Waals surface area (Å²) in [6.45, 7) is 13.2. The number of unbranched alkanes of at least 4 members (excludes halogenated alkanes) is 1. The van der Waals surface area contributed by atoms with Crippen LogP contribution in [0.2, 0.25) is 24.7 Å². The lowest BCUT2D eigenvalue weighted by molar-refractivity contribution is -0.678. The van der Waals surface area contributed by atoms with Crippen molar-refractivity contribution in [2.24, 2.45) is 0 Å². The normalized spacial score (nSPS) is 13.6. The summed E-state index contributed by atoms with van der Waals surface area (Å²) in [5.74, 6) is 0.270. The first-order chi connectivity index (χ1) is 16.4. The van der Waals surface area contributed by atoms with Gasteiger partial charge in [0.25, 0.3) is 5.52 Å². The molecule has 0 bridgehead atoms. The Morgan fingerprint density at radius 3 is 2.40 bits per heavy atom. The van der Waals surface area contributed by atoms with E-state index in [0.717, 1.165) is 17.6 Å². The molecule has 0 aliphatic carbocycles. The number of anilines is 1. The number of aryl methyl sites for hydroxylation is 1. The standard InChI is InChI=1S/C26H35ClN2O4SSi/c1-6-28(20(2)35(3,4)5)23-13-9-21(10-14-23)11-16-26-29(17-7-8-18-34(30,31)32)24-19-22(27)12-15-25(24)33-26/h9-16,19-20H,6-8,17-18H2,1-5H3. The van der Waals surface area contributed by atoms with E-state index < -0.39 is 18.2 Å². The molecular weight excluding hydrogens is 500 g/mol. The van der Waals surface area contributed by atoms with Gasteiger partial charge in [0, 0.05) is 41.2 Å². The van der Waals surface area contributed by atoms with Crippen LogP contribution in [0.25, 0.3) is 23.3 Å². The van der Waals surface area contributed by atoms with Crippen LogP contribution in [0.5, 0.6) is 0 Å². The molecule has 35 heavy (non-hydrogen) atoms. The van der Waals surface area contributed by atoms with Crippen molar-refractivity contribution < 1.29 is 22.0 Å². The molecule has 2 aromatic carbocycles.